The van der Waals surface area contributed by atoms with Crippen LogP contribution in [-0.2, 0) is 0 Å². The molecule has 3 N–H and O–H groups in total. The van der Waals surface area contributed by atoms with Crippen molar-refractivity contribution < 1.29 is 10.2 Å². The van der Waals surface area contributed by atoms with Gasteiger partial charge in [0.05, 0.1) is 11.9 Å². The summed E-state index contributed by atoms with van der Waals surface area (Å²) in [5, 5.41) is 22.9. The molecule has 0 fully saturated rings. The fourth-order valence-corrected chi connectivity index (χ4v) is 1.34. The smallest absolute Gasteiger partial charge is 0.140 e. The van der Waals surface area contributed by atoms with Gasteiger partial charge in [-0.05, 0) is 24.3 Å². The molecule has 2 aromatic rings. The normalized spacial score (nSPS) is 10.6. The Morgan fingerprint density at radius 1 is 0.882 bits per heavy atom. The minimum Gasteiger partial charge on any atom is -0.507 e. The molecule has 0 heterocycles. The Labute approximate surface area is 98.9 Å². The molecule has 0 bridgehead atoms. The molecule has 0 saturated carbocycles. The molecule has 0 aliphatic heterocycles. The van der Waals surface area contributed by atoms with Gasteiger partial charge in [-0.1, -0.05) is 24.3 Å². The zero-order valence-corrected chi connectivity index (χ0v) is 9.04. The summed E-state index contributed by atoms with van der Waals surface area (Å²) < 4.78 is 0. The summed E-state index contributed by atoms with van der Waals surface area (Å²) in [7, 11) is 0. The molecule has 2 rings (SSSR count). The van der Waals surface area contributed by atoms with Crippen LogP contribution in [0.25, 0.3) is 0 Å². The number of nitrogens with one attached hydrogen (secondary N) is 1. The monoisotopic (exact) mass is 228 g/mol. The van der Waals surface area contributed by atoms with Gasteiger partial charge < -0.3 is 10.2 Å². The average Bonchev–Trinajstić information content (AvgIpc) is 2.34. The van der Waals surface area contributed by atoms with Crippen LogP contribution in [0.15, 0.2) is 53.6 Å². The summed E-state index contributed by atoms with van der Waals surface area (Å²) >= 11 is 0. The van der Waals surface area contributed by atoms with Crippen LogP contribution in [0, 0.1) is 0 Å². The maximum Gasteiger partial charge on any atom is 0.140 e. The maximum absolute atomic E-state index is 9.49. The van der Waals surface area contributed by atoms with Crippen molar-refractivity contribution in [3.05, 3.63) is 54.1 Å². The number of nitrogens with zero attached hydrogens (tertiary/aromatic N) is 1. The van der Waals surface area contributed by atoms with E-state index in [1.54, 1.807) is 48.5 Å². The number of phenols is 2. The van der Waals surface area contributed by atoms with Crippen molar-refractivity contribution in [2.24, 2.45) is 5.10 Å². The Kier molecular flexibility index (Phi) is 3.25. The van der Waals surface area contributed by atoms with E-state index in [2.05, 4.69) is 10.5 Å². The number of phenolic OH excluding ortho intramolecular Hbond substituents is 2. The van der Waals surface area contributed by atoms with Gasteiger partial charge >= 0.3 is 0 Å². The Hall–Kier alpha value is -2.49. The summed E-state index contributed by atoms with van der Waals surface area (Å²) in [6.45, 7) is 0. The van der Waals surface area contributed by atoms with E-state index >= 15 is 0 Å². The molecule has 0 aromatic heterocycles. The van der Waals surface area contributed by atoms with Crippen molar-refractivity contribution >= 4 is 11.9 Å². The van der Waals surface area contributed by atoms with E-state index in [4.69, 9.17) is 0 Å². The van der Waals surface area contributed by atoms with E-state index in [0.29, 0.717) is 11.3 Å². The predicted octanol–water partition coefficient (Wildman–Crippen LogP) is 2.54. The number of hydrogen-bond acceptors (Lipinski definition) is 4. The predicted molar refractivity (Wildman–Crippen MR) is 67.4 cm³/mol. The minimum absolute atomic E-state index is 0.127. The van der Waals surface area contributed by atoms with Gasteiger partial charge in [-0.25, -0.2) is 0 Å². The minimum atomic E-state index is 0.127. The summed E-state index contributed by atoms with van der Waals surface area (Å²) in [5.41, 5.74) is 3.82. The lowest BCUT2D eigenvalue weighted by Gasteiger charge is -2.02. The van der Waals surface area contributed by atoms with Crippen LogP contribution in [0.4, 0.5) is 5.69 Å². The second-order valence-corrected chi connectivity index (χ2v) is 3.45. The van der Waals surface area contributed by atoms with Gasteiger partial charge in [0, 0.05) is 5.56 Å². The van der Waals surface area contributed by atoms with E-state index in [-0.39, 0.29) is 11.5 Å². The van der Waals surface area contributed by atoms with Crippen LogP contribution in [0.3, 0.4) is 0 Å². The second kappa shape index (κ2) is 5.03. The van der Waals surface area contributed by atoms with Crippen molar-refractivity contribution in [2.75, 3.05) is 5.43 Å². The van der Waals surface area contributed by atoms with Crippen molar-refractivity contribution in [1.82, 2.24) is 0 Å². The van der Waals surface area contributed by atoms with Crippen LogP contribution in [0.1, 0.15) is 5.56 Å². The zero-order valence-electron chi connectivity index (χ0n) is 9.04. The molecule has 0 amide bonds. The SMILES string of the molecule is Oc1ccccc1C=NNc1ccccc1O. The standard InChI is InChI=1S/C13H12N2O2/c16-12-7-3-1-5-10(12)9-14-15-11-6-2-4-8-13(11)17/h1-9,15-17H. The van der Waals surface area contributed by atoms with Crippen LogP contribution in [0.5, 0.6) is 11.5 Å². The molecule has 4 nitrogen and oxygen atoms in total. The number of para-hydroxylation sites is 3. The molecule has 0 aliphatic rings. The molecule has 0 spiro atoms. The summed E-state index contributed by atoms with van der Waals surface area (Å²) in [6.07, 6.45) is 1.49. The van der Waals surface area contributed by atoms with Gasteiger partial charge in [0.2, 0.25) is 0 Å². The van der Waals surface area contributed by atoms with Gasteiger partial charge in [0.25, 0.3) is 0 Å². The Balaban J connectivity index is 2.09. The largest absolute Gasteiger partial charge is 0.507 e. The van der Waals surface area contributed by atoms with Gasteiger partial charge in [-0.15, -0.1) is 0 Å². The Morgan fingerprint density at radius 2 is 1.53 bits per heavy atom. The molecule has 0 radical (unpaired) electrons. The van der Waals surface area contributed by atoms with E-state index in [1.807, 2.05) is 0 Å². The molecule has 86 valence electrons. The van der Waals surface area contributed by atoms with E-state index in [1.165, 1.54) is 6.21 Å². The highest BCUT2D eigenvalue weighted by Crippen LogP contribution is 2.21. The van der Waals surface area contributed by atoms with Crippen LogP contribution in [0.2, 0.25) is 0 Å². The second-order valence-electron chi connectivity index (χ2n) is 3.45. The number of rotatable bonds is 3. The molecular weight excluding hydrogens is 216 g/mol. The summed E-state index contributed by atoms with van der Waals surface area (Å²) in [5.74, 6) is 0.289. The van der Waals surface area contributed by atoms with Gasteiger partial charge in [0.1, 0.15) is 11.5 Å². The topological polar surface area (TPSA) is 64.9 Å². The van der Waals surface area contributed by atoms with Crippen molar-refractivity contribution in [1.29, 1.82) is 0 Å². The first-order valence-corrected chi connectivity index (χ1v) is 5.12. The van der Waals surface area contributed by atoms with Crippen LogP contribution < -0.4 is 5.43 Å². The van der Waals surface area contributed by atoms with E-state index in [0.717, 1.165) is 0 Å². The zero-order chi connectivity index (χ0) is 12.1. The highest BCUT2D eigenvalue weighted by atomic mass is 16.3. The first kappa shape index (κ1) is 11.0. The number of hydrogen-bond donors (Lipinski definition) is 3. The third-order valence-corrected chi connectivity index (χ3v) is 2.23. The van der Waals surface area contributed by atoms with Gasteiger partial charge in [-0.3, -0.25) is 5.43 Å². The fraction of sp³-hybridized carbons (Fsp3) is 0. The molecule has 0 saturated heterocycles. The highest BCUT2D eigenvalue weighted by Gasteiger charge is 1.97. The first-order valence-electron chi connectivity index (χ1n) is 5.12. The van der Waals surface area contributed by atoms with E-state index in [9.17, 15) is 10.2 Å². The number of anilines is 1. The molecule has 17 heavy (non-hydrogen) atoms. The fourth-order valence-electron chi connectivity index (χ4n) is 1.34. The summed E-state index contributed by atoms with van der Waals surface area (Å²) in [6, 6.07) is 13.7. The number of hydrazone groups is 1. The Morgan fingerprint density at radius 3 is 2.24 bits per heavy atom. The third-order valence-electron chi connectivity index (χ3n) is 2.23. The van der Waals surface area contributed by atoms with Gasteiger partial charge in [-0.2, -0.15) is 5.10 Å². The molecular formula is C13H12N2O2. The van der Waals surface area contributed by atoms with Crippen molar-refractivity contribution in [2.45, 2.75) is 0 Å². The van der Waals surface area contributed by atoms with Crippen molar-refractivity contribution in [3.63, 3.8) is 0 Å². The maximum atomic E-state index is 9.49. The molecule has 2 aromatic carbocycles. The highest BCUT2D eigenvalue weighted by molar-refractivity contribution is 5.83. The quantitative estimate of drug-likeness (QED) is 0.429. The number of aromatic hydroxyl groups is 2. The lowest BCUT2D eigenvalue weighted by Crippen LogP contribution is -1.91. The van der Waals surface area contributed by atoms with E-state index < -0.39 is 0 Å². The van der Waals surface area contributed by atoms with Gasteiger partial charge in [0.15, 0.2) is 0 Å². The third kappa shape index (κ3) is 2.75. The lowest BCUT2D eigenvalue weighted by atomic mass is 10.2. The van der Waals surface area contributed by atoms with Crippen LogP contribution in [-0.4, -0.2) is 16.4 Å². The first-order chi connectivity index (χ1) is 8.27. The molecule has 4 heteroatoms. The average molecular weight is 228 g/mol. The Bertz CT molecular complexity index is 538. The number of benzene rings is 2. The lowest BCUT2D eigenvalue weighted by molar-refractivity contribution is 0.474. The van der Waals surface area contributed by atoms with Crippen molar-refractivity contribution in [3.8, 4) is 11.5 Å². The summed E-state index contributed by atoms with van der Waals surface area (Å²) in [4.78, 5) is 0. The van der Waals surface area contributed by atoms with Crippen LogP contribution >= 0.6 is 0 Å². The molecule has 0 atom stereocenters. The molecule has 0 aliphatic carbocycles. The molecule has 0 unspecified atom stereocenters.